The number of piperidine rings is 1. The van der Waals surface area contributed by atoms with Crippen LogP contribution in [0.3, 0.4) is 0 Å². The van der Waals surface area contributed by atoms with E-state index in [1.54, 1.807) is 16.8 Å². The highest BCUT2D eigenvalue weighted by Crippen LogP contribution is 2.39. The number of ether oxygens (including phenoxy) is 1. The zero-order valence-electron chi connectivity index (χ0n) is 24.5. The average molecular weight is 621 g/mol. The fraction of sp³-hybridized carbons (Fsp3) is 0.517. The summed E-state index contributed by atoms with van der Waals surface area (Å²) >= 11 is 0. The molecule has 1 aromatic carbocycles. The van der Waals surface area contributed by atoms with Gasteiger partial charge in [0, 0.05) is 44.7 Å². The van der Waals surface area contributed by atoms with Gasteiger partial charge in [0.25, 0.3) is 0 Å². The average Bonchev–Trinajstić information content (AvgIpc) is 3.57. The van der Waals surface area contributed by atoms with Crippen LogP contribution in [0.2, 0.25) is 0 Å². The second kappa shape index (κ2) is 14.9. The van der Waals surface area contributed by atoms with Crippen molar-refractivity contribution in [2.24, 2.45) is 17.6 Å². The monoisotopic (exact) mass is 620 g/mol. The number of aryl methyl sites for hydroxylation is 1. The Morgan fingerprint density at radius 2 is 1.80 bits per heavy atom. The number of carbonyl (C=O) groups excluding carboxylic acids is 1. The van der Waals surface area contributed by atoms with E-state index < -0.39 is 41.8 Å². The van der Waals surface area contributed by atoms with Crippen molar-refractivity contribution in [3.05, 3.63) is 53.6 Å². The third-order valence-corrected chi connectivity index (χ3v) is 7.34. The van der Waals surface area contributed by atoms with Crippen molar-refractivity contribution in [1.29, 1.82) is 0 Å². The summed E-state index contributed by atoms with van der Waals surface area (Å²) in [6.45, 7) is 4.49. The number of carbonyl (C=O) groups is 4. The number of aliphatic carboxylic acids is 3. The summed E-state index contributed by atoms with van der Waals surface area (Å²) in [6, 6.07) is 6.25. The van der Waals surface area contributed by atoms with E-state index in [-0.39, 0.29) is 17.9 Å². The minimum absolute atomic E-state index is 0.162. The molecule has 1 saturated heterocycles. The Morgan fingerprint density at radius 1 is 1.14 bits per heavy atom. The summed E-state index contributed by atoms with van der Waals surface area (Å²) in [7, 11) is 1.90. The lowest BCUT2D eigenvalue weighted by Crippen LogP contribution is -2.49. The summed E-state index contributed by atoms with van der Waals surface area (Å²) in [5.41, 5.74) is -0.615. The Hall–Kier alpha value is -4.37. The summed E-state index contributed by atoms with van der Waals surface area (Å²) in [6.07, 6.45) is 4.19. The molecule has 0 bridgehead atoms. The van der Waals surface area contributed by atoms with Gasteiger partial charge in [0.15, 0.2) is 5.60 Å². The van der Waals surface area contributed by atoms with Crippen molar-refractivity contribution >= 4 is 29.6 Å². The molecule has 2 atom stereocenters. The molecule has 4 N–H and O–H groups in total. The number of hydrogen-bond donors (Lipinski definition) is 4. The number of hydrogen-bond acceptors (Lipinski definition) is 10. The maximum Gasteiger partial charge on any atom is 0.336 e. The maximum atomic E-state index is 13.2. The molecule has 15 heteroatoms. The molecule has 1 aromatic heterocycles. The lowest BCUT2D eigenvalue weighted by molar-refractivity contribution is -0.170. The third-order valence-electron chi connectivity index (χ3n) is 7.34. The van der Waals surface area contributed by atoms with Gasteiger partial charge >= 0.3 is 23.9 Å². The van der Waals surface area contributed by atoms with Crippen LogP contribution in [0.25, 0.3) is 0 Å². The van der Waals surface area contributed by atoms with Gasteiger partial charge < -0.3 is 30.0 Å². The molecule has 0 spiro atoms. The van der Waals surface area contributed by atoms with Crippen LogP contribution in [0.5, 0.6) is 0 Å². The first-order valence-corrected chi connectivity index (χ1v) is 14.0. The highest BCUT2D eigenvalue weighted by molar-refractivity contribution is 6.01. The second-order valence-electron chi connectivity index (χ2n) is 11.0. The van der Waals surface area contributed by atoms with Crippen molar-refractivity contribution in [3.8, 4) is 0 Å². The quantitative estimate of drug-likeness (QED) is 0.252. The van der Waals surface area contributed by atoms with Gasteiger partial charge in [-0.05, 0) is 44.0 Å². The molecule has 2 aliphatic rings. The summed E-state index contributed by atoms with van der Waals surface area (Å²) < 4.78 is 20.5. The molecular weight excluding hydrogens is 583 g/mol. The van der Waals surface area contributed by atoms with Gasteiger partial charge in [-0.1, -0.05) is 17.3 Å². The first-order valence-electron chi connectivity index (χ1n) is 14.0. The highest BCUT2D eigenvalue weighted by Gasteiger charge is 2.46. The molecule has 44 heavy (non-hydrogen) atoms. The maximum absolute atomic E-state index is 13.2. The van der Waals surface area contributed by atoms with Gasteiger partial charge in [0.05, 0.1) is 36.8 Å². The first-order chi connectivity index (χ1) is 20.7. The van der Waals surface area contributed by atoms with E-state index in [4.69, 9.17) is 30.0 Å². The largest absolute Gasteiger partial charge is 0.481 e. The number of oxime groups is 1. The van der Waals surface area contributed by atoms with Crippen LogP contribution in [-0.2, 0) is 42.3 Å². The molecule has 2 aromatic rings. The van der Waals surface area contributed by atoms with E-state index in [0.29, 0.717) is 26.0 Å². The Labute approximate surface area is 252 Å². The van der Waals surface area contributed by atoms with E-state index in [1.165, 1.54) is 12.1 Å². The lowest BCUT2D eigenvalue weighted by Gasteiger charge is -2.41. The highest BCUT2D eigenvalue weighted by atomic mass is 19.1. The molecule has 14 nitrogen and oxygen atoms in total. The standard InChI is InChI=1S/C23H29FN4O3.C6H8O7/c1-3-30-22(29)23(9-4-10-28(16-23)15-17-13-25-27(2)14-17)12-20-11-21(26-31-20)18-5-7-19(24)8-6-18;7-3(8)1-6(13,5(11)12)2-4(9)10/h5-8,13-14,20H,3-4,9-12,15-16H2,1-2H3;13H,1-2H2,(H,7,8)(H,9,10)(H,11,12). The van der Waals surface area contributed by atoms with Crippen LogP contribution in [-0.4, -0.2) is 96.1 Å². The molecule has 3 heterocycles. The molecule has 0 radical (unpaired) electrons. The van der Waals surface area contributed by atoms with Crippen molar-refractivity contribution in [1.82, 2.24) is 14.7 Å². The molecule has 240 valence electrons. The second-order valence-corrected chi connectivity index (χ2v) is 11.0. The number of carboxylic acids is 3. The Bertz CT molecular complexity index is 1350. The molecule has 0 saturated carbocycles. The Kier molecular flexibility index (Phi) is 11.5. The normalized spacial score (nSPS) is 20.1. The minimum atomic E-state index is -2.74. The van der Waals surface area contributed by atoms with Crippen LogP contribution >= 0.6 is 0 Å². The van der Waals surface area contributed by atoms with E-state index in [2.05, 4.69) is 15.2 Å². The molecule has 0 aliphatic carbocycles. The number of likely N-dealkylation sites (tertiary alicyclic amines) is 1. The summed E-state index contributed by atoms with van der Waals surface area (Å²) in [4.78, 5) is 51.6. The lowest BCUT2D eigenvalue weighted by atomic mass is 9.74. The van der Waals surface area contributed by atoms with Crippen molar-refractivity contribution in [3.63, 3.8) is 0 Å². The Morgan fingerprint density at radius 3 is 2.34 bits per heavy atom. The van der Waals surface area contributed by atoms with E-state index >= 15 is 0 Å². The number of rotatable bonds is 12. The molecule has 2 aliphatic heterocycles. The van der Waals surface area contributed by atoms with Gasteiger partial charge in [-0.15, -0.1) is 0 Å². The van der Waals surface area contributed by atoms with Crippen LogP contribution in [0, 0.1) is 11.2 Å². The van der Waals surface area contributed by atoms with Crippen LogP contribution in [0.1, 0.15) is 56.6 Å². The van der Waals surface area contributed by atoms with Gasteiger partial charge in [-0.3, -0.25) is 24.0 Å². The number of aromatic nitrogens is 2. The van der Waals surface area contributed by atoms with Gasteiger partial charge in [-0.2, -0.15) is 5.10 Å². The minimum Gasteiger partial charge on any atom is -0.481 e. The topological polar surface area (TPSA) is 201 Å². The first kappa shape index (κ1) is 34.1. The van der Waals surface area contributed by atoms with E-state index in [0.717, 1.165) is 42.8 Å². The fourth-order valence-electron chi connectivity index (χ4n) is 5.38. The summed E-state index contributed by atoms with van der Waals surface area (Å²) in [5.74, 6) is -5.46. The van der Waals surface area contributed by atoms with Gasteiger partial charge in [-0.25, -0.2) is 9.18 Å². The number of carboxylic acid groups (broad SMARTS) is 3. The summed E-state index contributed by atoms with van der Waals surface area (Å²) in [5, 5.41) is 42.3. The predicted octanol–water partition coefficient (Wildman–Crippen LogP) is 2.04. The molecular formula is C29H37FN4O10. The van der Waals surface area contributed by atoms with Crippen LogP contribution < -0.4 is 0 Å². The van der Waals surface area contributed by atoms with E-state index in [1.807, 2.05) is 26.4 Å². The van der Waals surface area contributed by atoms with E-state index in [9.17, 15) is 23.6 Å². The van der Waals surface area contributed by atoms with Crippen LogP contribution in [0.4, 0.5) is 4.39 Å². The smallest absolute Gasteiger partial charge is 0.336 e. The number of benzene rings is 1. The number of esters is 1. The number of halogens is 1. The molecule has 2 unspecified atom stereocenters. The Balaban J connectivity index is 0.000000345. The van der Waals surface area contributed by atoms with Crippen molar-refractivity contribution < 1.29 is 53.6 Å². The predicted molar refractivity (Wildman–Crippen MR) is 151 cm³/mol. The third kappa shape index (κ3) is 9.31. The van der Waals surface area contributed by atoms with Crippen molar-refractivity contribution in [2.75, 3.05) is 19.7 Å². The van der Waals surface area contributed by atoms with Crippen LogP contribution in [0.15, 0.2) is 41.8 Å². The SMILES string of the molecule is CCOC(=O)C1(CC2CC(c3ccc(F)cc3)=NO2)CCCN(Cc2cnn(C)c2)C1.O=C(O)CC(O)(CC(=O)O)C(=O)O. The number of nitrogens with zero attached hydrogens (tertiary/aromatic N) is 4. The number of aliphatic hydroxyl groups is 1. The molecule has 1 fully saturated rings. The zero-order chi connectivity index (χ0) is 32.5. The molecule has 4 rings (SSSR count). The van der Waals surface area contributed by atoms with Crippen molar-refractivity contribution in [2.45, 2.75) is 63.7 Å². The fourth-order valence-corrected chi connectivity index (χ4v) is 5.38. The van der Waals surface area contributed by atoms with Gasteiger partial charge in [0.1, 0.15) is 11.9 Å². The molecule has 0 amide bonds. The van der Waals surface area contributed by atoms with Gasteiger partial charge in [0.2, 0.25) is 0 Å². The zero-order valence-corrected chi connectivity index (χ0v) is 24.5.